The lowest BCUT2D eigenvalue weighted by Gasteiger charge is -2.17. The van der Waals surface area contributed by atoms with Gasteiger partial charge in [-0.2, -0.15) is 0 Å². The fourth-order valence-corrected chi connectivity index (χ4v) is 2.86. The van der Waals surface area contributed by atoms with E-state index >= 15 is 0 Å². The quantitative estimate of drug-likeness (QED) is 0.725. The molecule has 25 heavy (non-hydrogen) atoms. The SMILES string of the molecule is Cc1c(C)c(O)c(CCNC(=O)C(C)c2ccc(F)cc2)c(C)c1O. The van der Waals surface area contributed by atoms with Gasteiger partial charge in [-0.25, -0.2) is 4.39 Å². The number of carbonyl (C=O) groups excluding carboxylic acids is 1. The zero-order chi connectivity index (χ0) is 18.7. The zero-order valence-electron chi connectivity index (χ0n) is 15.0. The minimum atomic E-state index is -0.400. The van der Waals surface area contributed by atoms with Crippen molar-refractivity contribution in [2.45, 2.75) is 40.0 Å². The van der Waals surface area contributed by atoms with Crippen molar-refractivity contribution in [3.05, 3.63) is 57.9 Å². The molecule has 1 unspecified atom stereocenters. The van der Waals surface area contributed by atoms with Gasteiger partial charge in [0.15, 0.2) is 0 Å². The van der Waals surface area contributed by atoms with Crippen LogP contribution < -0.4 is 5.32 Å². The van der Waals surface area contributed by atoms with Crippen LogP contribution in [0.5, 0.6) is 11.5 Å². The summed E-state index contributed by atoms with van der Waals surface area (Å²) in [5.41, 5.74) is 3.30. The maximum atomic E-state index is 13.0. The Balaban J connectivity index is 2.03. The summed E-state index contributed by atoms with van der Waals surface area (Å²) in [5, 5.41) is 23.3. The fourth-order valence-electron chi connectivity index (χ4n) is 2.86. The molecule has 0 bridgehead atoms. The first-order chi connectivity index (χ1) is 11.7. The fraction of sp³-hybridized carbons (Fsp3) is 0.350. The second-order valence-electron chi connectivity index (χ2n) is 6.37. The molecule has 0 heterocycles. The molecular weight excluding hydrogens is 321 g/mol. The topological polar surface area (TPSA) is 69.6 Å². The first kappa shape index (κ1) is 18.8. The Bertz CT molecular complexity index is 756. The second kappa shape index (κ2) is 7.55. The molecule has 0 aliphatic carbocycles. The highest BCUT2D eigenvalue weighted by molar-refractivity contribution is 5.83. The van der Waals surface area contributed by atoms with E-state index in [1.54, 1.807) is 39.8 Å². The Hall–Kier alpha value is -2.56. The molecule has 1 amide bonds. The number of aromatic hydroxyl groups is 2. The first-order valence-corrected chi connectivity index (χ1v) is 8.27. The summed E-state index contributed by atoms with van der Waals surface area (Å²) < 4.78 is 13.0. The van der Waals surface area contributed by atoms with Crippen LogP contribution in [-0.4, -0.2) is 22.7 Å². The van der Waals surface area contributed by atoms with E-state index < -0.39 is 5.92 Å². The molecule has 5 heteroatoms. The summed E-state index contributed by atoms with van der Waals surface area (Å²) in [5.74, 6) is -0.568. The third kappa shape index (κ3) is 3.92. The molecule has 3 N–H and O–H groups in total. The number of amides is 1. The highest BCUT2D eigenvalue weighted by atomic mass is 19.1. The summed E-state index contributed by atoms with van der Waals surface area (Å²) in [7, 11) is 0. The lowest BCUT2D eigenvalue weighted by Crippen LogP contribution is -2.30. The Morgan fingerprint density at radius 2 is 1.60 bits per heavy atom. The highest BCUT2D eigenvalue weighted by Crippen LogP contribution is 2.36. The smallest absolute Gasteiger partial charge is 0.227 e. The van der Waals surface area contributed by atoms with E-state index in [1.807, 2.05) is 0 Å². The zero-order valence-corrected chi connectivity index (χ0v) is 15.0. The minimum Gasteiger partial charge on any atom is -0.507 e. The average Bonchev–Trinajstić information content (AvgIpc) is 2.61. The average molecular weight is 345 g/mol. The lowest BCUT2D eigenvalue weighted by atomic mass is 9.95. The third-order valence-electron chi connectivity index (χ3n) is 4.80. The maximum Gasteiger partial charge on any atom is 0.227 e. The van der Waals surface area contributed by atoms with Crippen LogP contribution in [0.1, 0.15) is 40.7 Å². The van der Waals surface area contributed by atoms with Crippen LogP contribution in [0.3, 0.4) is 0 Å². The van der Waals surface area contributed by atoms with Gasteiger partial charge in [0.1, 0.15) is 17.3 Å². The minimum absolute atomic E-state index is 0.161. The lowest BCUT2D eigenvalue weighted by molar-refractivity contribution is -0.122. The number of halogens is 1. The molecule has 0 aliphatic rings. The summed E-state index contributed by atoms with van der Waals surface area (Å²) in [6, 6.07) is 5.85. The van der Waals surface area contributed by atoms with Crippen LogP contribution >= 0.6 is 0 Å². The molecule has 0 fully saturated rings. The van der Waals surface area contributed by atoms with Gasteiger partial charge in [0.2, 0.25) is 5.91 Å². The standard InChI is InChI=1S/C20H24FNO3/c1-11-12(2)19(24)17(14(4)18(11)23)9-10-22-20(25)13(3)15-5-7-16(21)8-6-15/h5-8,13,23-24H,9-10H2,1-4H3,(H,22,25). The number of rotatable bonds is 5. The number of carbonyl (C=O) groups is 1. The van der Waals surface area contributed by atoms with E-state index in [0.717, 1.165) is 5.56 Å². The maximum absolute atomic E-state index is 13.0. The molecule has 134 valence electrons. The Labute approximate surface area is 147 Å². The van der Waals surface area contributed by atoms with Crippen molar-refractivity contribution in [3.8, 4) is 11.5 Å². The van der Waals surface area contributed by atoms with Gasteiger partial charge in [-0.15, -0.1) is 0 Å². The van der Waals surface area contributed by atoms with Crippen LogP contribution in [0.15, 0.2) is 24.3 Å². The number of nitrogens with one attached hydrogen (secondary N) is 1. The van der Waals surface area contributed by atoms with Gasteiger partial charge in [-0.3, -0.25) is 4.79 Å². The van der Waals surface area contributed by atoms with Gasteiger partial charge in [0, 0.05) is 12.1 Å². The van der Waals surface area contributed by atoms with Crippen molar-refractivity contribution in [2.24, 2.45) is 0 Å². The molecular formula is C20H24FNO3. The van der Waals surface area contributed by atoms with Gasteiger partial charge >= 0.3 is 0 Å². The molecule has 0 saturated carbocycles. The molecule has 0 spiro atoms. The Kier molecular flexibility index (Phi) is 5.67. The van der Waals surface area contributed by atoms with Crippen LogP contribution in [0, 0.1) is 26.6 Å². The summed E-state index contributed by atoms with van der Waals surface area (Å²) >= 11 is 0. The normalized spacial score (nSPS) is 12.0. The summed E-state index contributed by atoms with van der Waals surface area (Å²) in [4.78, 5) is 12.3. The van der Waals surface area contributed by atoms with Gasteiger partial charge in [0.25, 0.3) is 0 Å². The van der Waals surface area contributed by atoms with Crippen molar-refractivity contribution in [1.82, 2.24) is 5.32 Å². The van der Waals surface area contributed by atoms with Crippen molar-refractivity contribution < 1.29 is 19.4 Å². The Morgan fingerprint density at radius 3 is 2.20 bits per heavy atom. The van der Waals surface area contributed by atoms with Gasteiger partial charge in [-0.05, 0) is 68.5 Å². The Morgan fingerprint density at radius 1 is 1.04 bits per heavy atom. The van der Waals surface area contributed by atoms with Crippen molar-refractivity contribution in [3.63, 3.8) is 0 Å². The highest BCUT2D eigenvalue weighted by Gasteiger charge is 2.18. The predicted octanol–water partition coefficient (Wildman–Crippen LogP) is 3.62. The molecule has 0 radical (unpaired) electrons. The molecule has 0 saturated heterocycles. The monoisotopic (exact) mass is 345 g/mol. The second-order valence-corrected chi connectivity index (χ2v) is 6.37. The van der Waals surface area contributed by atoms with E-state index in [0.29, 0.717) is 35.2 Å². The van der Waals surface area contributed by atoms with Crippen LogP contribution in [0.4, 0.5) is 4.39 Å². The number of hydrogen-bond donors (Lipinski definition) is 3. The van der Waals surface area contributed by atoms with Gasteiger partial charge in [0.05, 0.1) is 5.92 Å². The third-order valence-corrected chi connectivity index (χ3v) is 4.80. The molecule has 0 aromatic heterocycles. The van der Waals surface area contributed by atoms with Crippen molar-refractivity contribution in [2.75, 3.05) is 6.54 Å². The van der Waals surface area contributed by atoms with Crippen LogP contribution in [-0.2, 0) is 11.2 Å². The number of hydrogen-bond acceptors (Lipinski definition) is 3. The van der Waals surface area contributed by atoms with E-state index in [4.69, 9.17) is 0 Å². The first-order valence-electron chi connectivity index (χ1n) is 8.27. The predicted molar refractivity (Wildman–Crippen MR) is 95.5 cm³/mol. The van der Waals surface area contributed by atoms with Crippen LogP contribution in [0.2, 0.25) is 0 Å². The molecule has 0 aliphatic heterocycles. The van der Waals surface area contributed by atoms with E-state index in [-0.39, 0.29) is 23.2 Å². The molecule has 2 rings (SSSR count). The molecule has 2 aromatic carbocycles. The van der Waals surface area contributed by atoms with Crippen LogP contribution in [0.25, 0.3) is 0 Å². The van der Waals surface area contributed by atoms with E-state index in [2.05, 4.69) is 5.32 Å². The molecule has 4 nitrogen and oxygen atoms in total. The number of benzene rings is 2. The summed E-state index contributed by atoms with van der Waals surface area (Å²) in [6.07, 6.45) is 0.411. The van der Waals surface area contributed by atoms with Gasteiger partial charge < -0.3 is 15.5 Å². The van der Waals surface area contributed by atoms with Crippen molar-refractivity contribution >= 4 is 5.91 Å². The molecule has 2 aromatic rings. The number of phenols is 2. The van der Waals surface area contributed by atoms with Crippen molar-refractivity contribution in [1.29, 1.82) is 0 Å². The van der Waals surface area contributed by atoms with E-state index in [9.17, 15) is 19.4 Å². The molecule has 1 atom stereocenters. The number of phenolic OH excluding ortho intramolecular Hbond substituents is 2. The van der Waals surface area contributed by atoms with E-state index in [1.165, 1.54) is 12.1 Å². The van der Waals surface area contributed by atoms with Gasteiger partial charge in [-0.1, -0.05) is 12.1 Å². The largest absolute Gasteiger partial charge is 0.507 e. The summed E-state index contributed by atoms with van der Waals surface area (Å²) in [6.45, 7) is 7.35.